The van der Waals surface area contributed by atoms with Gasteiger partial charge in [-0.3, -0.25) is 4.79 Å². The minimum atomic E-state index is -0.711. The number of ether oxygens (including phenoxy) is 2. The summed E-state index contributed by atoms with van der Waals surface area (Å²) in [5.41, 5.74) is 1.61. The third-order valence-electron chi connectivity index (χ3n) is 3.19. The fourth-order valence-electron chi connectivity index (χ4n) is 1.96. The second-order valence-electron chi connectivity index (χ2n) is 5.03. The molecule has 0 bridgehead atoms. The highest BCUT2D eigenvalue weighted by Crippen LogP contribution is 2.28. The van der Waals surface area contributed by atoms with Crippen LogP contribution >= 0.6 is 23.2 Å². The Morgan fingerprint density at radius 3 is 2.52 bits per heavy atom. The van der Waals surface area contributed by atoms with E-state index in [0.29, 0.717) is 27.2 Å². The molecule has 4 nitrogen and oxygen atoms in total. The number of benzene rings is 2. The molecule has 0 radical (unpaired) electrons. The van der Waals surface area contributed by atoms with Crippen molar-refractivity contribution in [2.75, 3.05) is 12.4 Å². The van der Waals surface area contributed by atoms with Crippen LogP contribution < -0.4 is 14.8 Å². The highest BCUT2D eigenvalue weighted by Gasteiger charge is 2.17. The number of carbonyl (C=O) groups is 1. The summed E-state index contributed by atoms with van der Waals surface area (Å²) in [5, 5.41) is 3.60. The largest absolute Gasteiger partial charge is 0.495 e. The highest BCUT2D eigenvalue weighted by atomic mass is 35.5. The summed E-state index contributed by atoms with van der Waals surface area (Å²) >= 11 is 11.8. The molecule has 2 aromatic rings. The topological polar surface area (TPSA) is 47.6 Å². The third-order valence-corrected chi connectivity index (χ3v) is 3.93. The summed E-state index contributed by atoms with van der Waals surface area (Å²) in [6.45, 7) is 3.59. The molecule has 0 aromatic heterocycles. The molecule has 0 aliphatic heterocycles. The number of aryl methyl sites for hydroxylation is 1. The summed E-state index contributed by atoms with van der Waals surface area (Å²) in [6, 6.07) is 10.4. The van der Waals surface area contributed by atoms with Crippen LogP contribution in [0.3, 0.4) is 0 Å². The van der Waals surface area contributed by atoms with E-state index >= 15 is 0 Å². The van der Waals surface area contributed by atoms with E-state index < -0.39 is 6.10 Å². The first kappa shape index (κ1) is 17.4. The molecule has 0 heterocycles. The highest BCUT2D eigenvalue weighted by molar-refractivity contribution is 6.42. The van der Waals surface area contributed by atoms with Gasteiger partial charge in [-0.15, -0.1) is 0 Å². The first-order valence-corrected chi connectivity index (χ1v) is 7.73. The molecule has 0 fully saturated rings. The van der Waals surface area contributed by atoms with Crippen molar-refractivity contribution in [2.24, 2.45) is 0 Å². The van der Waals surface area contributed by atoms with Crippen LogP contribution in [0.2, 0.25) is 10.0 Å². The number of amides is 1. The molecule has 0 saturated carbocycles. The molecule has 1 unspecified atom stereocenters. The van der Waals surface area contributed by atoms with Gasteiger partial charge in [0.1, 0.15) is 11.5 Å². The Bertz CT molecular complexity index is 719. The number of nitrogens with one attached hydrogen (secondary N) is 1. The summed E-state index contributed by atoms with van der Waals surface area (Å²) in [7, 11) is 1.55. The van der Waals surface area contributed by atoms with Crippen molar-refractivity contribution in [2.45, 2.75) is 20.0 Å². The Morgan fingerprint density at radius 2 is 1.87 bits per heavy atom. The molecule has 1 N–H and O–H groups in total. The zero-order valence-electron chi connectivity index (χ0n) is 13.0. The quantitative estimate of drug-likeness (QED) is 0.845. The van der Waals surface area contributed by atoms with E-state index in [1.807, 2.05) is 19.1 Å². The van der Waals surface area contributed by atoms with Gasteiger partial charge < -0.3 is 14.8 Å². The standard InChI is InChI=1S/C17H17Cl2NO3/c1-10-4-7-16(22-3)15(8-10)20-17(21)11(2)23-12-5-6-13(18)14(19)9-12/h4-9,11H,1-3H3,(H,20,21). The van der Waals surface area contributed by atoms with Crippen molar-refractivity contribution in [1.29, 1.82) is 0 Å². The first-order chi connectivity index (χ1) is 10.9. The predicted octanol–water partition coefficient (Wildman–Crippen LogP) is 4.72. The molecule has 2 rings (SSSR count). The first-order valence-electron chi connectivity index (χ1n) is 6.98. The van der Waals surface area contributed by atoms with Gasteiger partial charge in [-0.25, -0.2) is 0 Å². The molecular weight excluding hydrogens is 337 g/mol. The lowest BCUT2D eigenvalue weighted by molar-refractivity contribution is -0.122. The minimum Gasteiger partial charge on any atom is -0.495 e. The van der Waals surface area contributed by atoms with E-state index in [-0.39, 0.29) is 5.91 Å². The van der Waals surface area contributed by atoms with Crippen molar-refractivity contribution in [3.05, 3.63) is 52.0 Å². The Morgan fingerprint density at radius 1 is 1.13 bits per heavy atom. The maximum atomic E-state index is 12.3. The summed E-state index contributed by atoms with van der Waals surface area (Å²) in [4.78, 5) is 12.3. The molecule has 0 aliphatic carbocycles. The molecule has 0 saturated heterocycles. The normalized spacial score (nSPS) is 11.7. The van der Waals surface area contributed by atoms with Crippen molar-refractivity contribution in [1.82, 2.24) is 0 Å². The predicted molar refractivity (Wildman–Crippen MR) is 92.9 cm³/mol. The summed E-state index contributed by atoms with van der Waals surface area (Å²) in [6.07, 6.45) is -0.711. The van der Waals surface area contributed by atoms with Crippen LogP contribution in [0, 0.1) is 6.92 Å². The number of carbonyl (C=O) groups excluding carboxylic acids is 1. The fraction of sp³-hybridized carbons (Fsp3) is 0.235. The van der Waals surface area contributed by atoms with Crippen LogP contribution in [0.15, 0.2) is 36.4 Å². The average Bonchev–Trinajstić information content (AvgIpc) is 2.51. The number of hydrogen-bond donors (Lipinski definition) is 1. The number of halogens is 2. The number of anilines is 1. The lowest BCUT2D eigenvalue weighted by atomic mass is 10.2. The molecular formula is C17H17Cl2NO3. The van der Waals surface area contributed by atoms with E-state index in [2.05, 4.69) is 5.32 Å². The minimum absolute atomic E-state index is 0.292. The van der Waals surface area contributed by atoms with Gasteiger partial charge in [0, 0.05) is 6.07 Å². The van der Waals surface area contributed by atoms with Gasteiger partial charge in [-0.05, 0) is 43.7 Å². The fourth-order valence-corrected chi connectivity index (χ4v) is 2.25. The zero-order valence-corrected chi connectivity index (χ0v) is 14.5. The van der Waals surface area contributed by atoms with Gasteiger partial charge >= 0.3 is 0 Å². The Balaban J connectivity index is 2.08. The van der Waals surface area contributed by atoms with Gasteiger partial charge in [0.2, 0.25) is 0 Å². The lowest BCUT2D eigenvalue weighted by Crippen LogP contribution is -2.30. The Labute approximate surface area is 145 Å². The molecule has 2 aromatic carbocycles. The van der Waals surface area contributed by atoms with E-state index in [1.165, 1.54) is 0 Å². The van der Waals surface area contributed by atoms with E-state index in [9.17, 15) is 4.79 Å². The van der Waals surface area contributed by atoms with Crippen LogP contribution in [0.1, 0.15) is 12.5 Å². The molecule has 1 amide bonds. The SMILES string of the molecule is COc1ccc(C)cc1NC(=O)C(C)Oc1ccc(Cl)c(Cl)c1. The molecule has 0 aliphatic rings. The van der Waals surface area contributed by atoms with Crippen molar-refractivity contribution in [3.63, 3.8) is 0 Å². The van der Waals surface area contributed by atoms with E-state index in [4.69, 9.17) is 32.7 Å². The molecule has 6 heteroatoms. The average molecular weight is 354 g/mol. The van der Waals surface area contributed by atoms with Gasteiger partial charge in [-0.2, -0.15) is 0 Å². The second kappa shape index (κ2) is 7.57. The van der Waals surface area contributed by atoms with Crippen LogP contribution in [-0.4, -0.2) is 19.1 Å². The van der Waals surface area contributed by atoms with Crippen LogP contribution in [-0.2, 0) is 4.79 Å². The van der Waals surface area contributed by atoms with Crippen molar-refractivity contribution < 1.29 is 14.3 Å². The van der Waals surface area contributed by atoms with Crippen LogP contribution in [0.5, 0.6) is 11.5 Å². The van der Waals surface area contributed by atoms with Crippen molar-refractivity contribution >= 4 is 34.8 Å². The van der Waals surface area contributed by atoms with E-state index in [1.54, 1.807) is 38.3 Å². The lowest BCUT2D eigenvalue weighted by Gasteiger charge is -2.16. The second-order valence-corrected chi connectivity index (χ2v) is 5.84. The van der Waals surface area contributed by atoms with Gasteiger partial charge in [-0.1, -0.05) is 29.3 Å². The van der Waals surface area contributed by atoms with Crippen LogP contribution in [0.4, 0.5) is 5.69 Å². The molecule has 23 heavy (non-hydrogen) atoms. The molecule has 1 atom stereocenters. The maximum absolute atomic E-state index is 12.3. The smallest absolute Gasteiger partial charge is 0.265 e. The Hall–Kier alpha value is -1.91. The molecule has 0 spiro atoms. The number of methoxy groups -OCH3 is 1. The monoisotopic (exact) mass is 353 g/mol. The zero-order chi connectivity index (χ0) is 17.0. The van der Waals surface area contributed by atoms with E-state index in [0.717, 1.165) is 5.56 Å². The summed E-state index contributed by atoms with van der Waals surface area (Å²) < 4.78 is 10.8. The van der Waals surface area contributed by atoms with Crippen molar-refractivity contribution in [3.8, 4) is 11.5 Å². The third kappa shape index (κ3) is 4.53. The summed E-state index contributed by atoms with van der Waals surface area (Å²) in [5.74, 6) is 0.768. The maximum Gasteiger partial charge on any atom is 0.265 e. The van der Waals surface area contributed by atoms with Gasteiger partial charge in [0.25, 0.3) is 5.91 Å². The van der Waals surface area contributed by atoms with Crippen LogP contribution in [0.25, 0.3) is 0 Å². The molecule has 122 valence electrons. The Kier molecular flexibility index (Phi) is 5.74. The number of hydrogen-bond acceptors (Lipinski definition) is 3. The number of rotatable bonds is 5. The van der Waals surface area contributed by atoms with Gasteiger partial charge in [0.15, 0.2) is 6.10 Å². The van der Waals surface area contributed by atoms with Gasteiger partial charge in [0.05, 0.1) is 22.8 Å².